The Morgan fingerprint density at radius 1 is 1.27 bits per heavy atom. The van der Waals surface area contributed by atoms with Crippen molar-refractivity contribution in [1.29, 1.82) is 0 Å². The first-order chi connectivity index (χ1) is 14.1. The molecule has 1 aromatic carbocycles. The van der Waals surface area contributed by atoms with Crippen LogP contribution in [0.25, 0.3) is 5.82 Å². The molecule has 10 heteroatoms. The Hall–Kier alpha value is -2.42. The Morgan fingerprint density at radius 2 is 1.97 bits per heavy atom. The van der Waals surface area contributed by atoms with E-state index in [2.05, 4.69) is 31.3 Å². The molecule has 0 radical (unpaired) electrons. The van der Waals surface area contributed by atoms with Crippen LogP contribution in [0.1, 0.15) is 51.7 Å². The highest BCUT2D eigenvalue weighted by molar-refractivity contribution is 9.10. The lowest BCUT2D eigenvalue weighted by molar-refractivity contribution is 0.0993. The second-order valence-electron chi connectivity index (χ2n) is 6.87. The Labute approximate surface area is 191 Å². The van der Waals surface area contributed by atoms with E-state index in [0.717, 1.165) is 0 Å². The number of pyridine rings is 1. The van der Waals surface area contributed by atoms with Gasteiger partial charge in [-0.1, -0.05) is 37.0 Å². The average Bonchev–Trinajstić information content (AvgIpc) is 3.04. The van der Waals surface area contributed by atoms with Crippen molar-refractivity contribution in [2.45, 2.75) is 26.7 Å². The Kier molecular flexibility index (Phi) is 6.50. The van der Waals surface area contributed by atoms with Crippen LogP contribution >= 0.6 is 39.1 Å². The van der Waals surface area contributed by atoms with Crippen molar-refractivity contribution in [3.8, 4) is 5.82 Å². The minimum atomic E-state index is -0.661. The molecule has 2 heterocycles. The second-order valence-corrected chi connectivity index (χ2v) is 8.54. The van der Waals surface area contributed by atoms with Crippen molar-refractivity contribution in [2.75, 3.05) is 5.32 Å². The Balaban J connectivity index is 2.13. The summed E-state index contributed by atoms with van der Waals surface area (Å²) in [6.45, 7) is 5.57. The molecule has 0 saturated carbocycles. The number of rotatable bonds is 5. The van der Waals surface area contributed by atoms with Gasteiger partial charge in [-0.3, -0.25) is 9.59 Å². The number of nitrogens with two attached hydrogens (primary N) is 1. The molecule has 30 heavy (non-hydrogen) atoms. The van der Waals surface area contributed by atoms with Gasteiger partial charge in [-0.05, 0) is 58.1 Å². The molecule has 0 bridgehead atoms. The van der Waals surface area contributed by atoms with E-state index in [-0.39, 0.29) is 22.2 Å². The smallest absolute Gasteiger partial charge is 0.275 e. The van der Waals surface area contributed by atoms with Gasteiger partial charge in [-0.25, -0.2) is 9.67 Å². The number of aryl methyl sites for hydroxylation is 1. The number of benzene rings is 1. The van der Waals surface area contributed by atoms with Crippen LogP contribution in [0.3, 0.4) is 0 Å². The molecular formula is C20H18BrCl2N5O2. The number of carbonyl (C=O) groups excluding carboxylic acids is 2. The minimum Gasteiger partial charge on any atom is -0.366 e. The van der Waals surface area contributed by atoms with Crippen LogP contribution in [-0.4, -0.2) is 26.6 Å². The normalized spacial score (nSPS) is 11.0. The first kappa shape index (κ1) is 22.3. The lowest BCUT2D eigenvalue weighted by atomic mass is 9.92. The number of aromatic nitrogens is 3. The van der Waals surface area contributed by atoms with Gasteiger partial charge in [0.1, 0.15) is 5.69 Å². The number of anilines is 1. The summed E-state index contributed by atoms with van der Waals surface area (Å²) in [4.78, 5) is 29.5. The number of nitrogens with zero attached hydrogens (tertiary/aromatic N) is 3. The van der Waals surface area contributed by atoms with Gasteiger partial charge in [0.25, 0.3) is 11.8 Å². The van der Waals surface area contributed by atoms with E-state index in [1.807, 2.05) is 13.8 Å². The standard InChI is InChI=1S/C20H18BrCl2N5O2/c1-9(2)14-15(18(24)29)13(23)7-10(3)16(14)27-20(30)17-11(21)8-26-28(17)19-12(22)5-4-6-25-19/h4-9H,1-3H3,(H2,24,29)(H,27,30). The Morgan fingerprint density at radius 3 is 2.57 bits per heavy atom. The molecule has 0 aliphatic heterocycles. The number of nitrogens with one attached hydrogen (secondary N) is 1. The van der Waals surface area contributed by atoms with Crippen LogP contribution in [0.4, 0.5) is 5.69 Å². The summed E-state index contributed by atoms with van der Waals surface area (Å²) in [5, 5.41) is 7.69. The molecule has 156 valence electrons. The van der Waals surface area contributed by atoms with Crippen molar-refractivity contribution in [3.63, 3.8) is 0 Å². The van der Waals surface area contributed by atoms with Crippen LogP contribution in [0.15, 0.2) is 35.1 Å². The van der Waals surface area contributed by atoms with Crippen LogP contribution in [0.5, 0.6) is 0 Å². The van der Waals surface area contributed by atoms with Crippen LogP contribution in [-0.2, 0) is 0 Å². The number of halogens is 3. The predicted molar refractivity (Wildman–Crippen MR) is 121 cm³/mol. The third-order valence-corrected chi connectivity index (χ3v) is 5.63. The largest absolute Gasteiger partial charge is 0.366 e. The van der Waals surface area contributed by atoms with Gasteiger partial charge >= 0.3 is 0 Å². The zero-order chi connectivity index (χ0) is 22.2. The number of primary amides is 1. The zero-order valence-electron chi connectivity index (χ0n) is 16.3. The van der Waals surface area contributed by atoms with Crippen molar-refractivity contribution < 1.29 is 9.59 Å². The van der Waals surface area contributed by atoms with E-state index in [4.69, 9.17) is 28.9 Å². The number of carbonyl (C=O) groups is 2. The summed E-state index contributed by atoms with van der Waals surface area (Å²) >= 11 is 15.9. The van der Waals surface area contributed by atoms with Crippen molar-refractivity contribution in [2.24, 2.45) is 5.73 Å². The zero-order valence-corrected chi connectivity index (χ0v) is 19.4. The van der Waals surface area contributed by atoms with E-state index in [9.17, 15) is 9.59 Å². The quantitative estimate of drug-likeness (QED) is 0.497. The number of amides is 2. The molecule has 0 atom stereocenters. The lowest BCUT2D eigenvalue weighted by Gasteiger charge is -2.21. The topological polar surface area (TPSA) is 103 Å². The minimum absolute atomic E-state index is 0.126. The summed E-state index contributed by atoms with van der Waals surface area (Å²) in [7, 11) is 0. The summed E-state index contributed by atoms with van der Waals surface area (Å²) in [5.74, 6) is -0.946. The number of hydrogen-bond donors (Lipinski definition) is 2. The summed E-state index contributed by atoms with van der Waals surface area (Å²) < 4.78 is 1.80. The van der Waals surface area contributed by atoms with Crippen molar-refractivity contribution >= 4 is 56.6 Å². The highest BCUT2D eigenvalue weighted by Crippen LogP contribution is 2.36. The highest BCUT2D eigenvalue weighted by Gasteiger charge is 2.26. The third-order valence-electron chi connectivity index (χ3n) is 4.46. The SMILES string of the molecule is Cc1cc(Cl)c(C(N)=O)c(C(C)C)c1NC(=O)c1c(Br)cnn1-c1ncccc1Cl. The molecule has 7 nitrogen and oxygen atoms in total. The van der Waals surface area contributed by atoms with Crippen molar-refractivity contribution in [3.05, 3.63) is 67.5 Å². The summed E-state index contributed by atoms with van der Waals surface area (Å²) in [5.41, 5.74) is 7.68. The van der Waals surface area contributed by atoms with Gasteiger partial charge in [0, 0.05) is 11.9 Å². The average molecular weight is 511 g/mol. The summed E-state index contributed by atoms with van der Waals surface area (Å²) in [6, 6.07) is 4.94. The van der Waals surface area contributed by atoms with Crippen LogP contribution in [0, 0.1) is 6.92 Å². The van der Waals surface area contributed by atoms with E-state index in [1.165, 1.54) is 10.9 Å². The molecule has 0 unspecified atom stereocenters. The maximum absolute atomic E-state index is 13.3. The number of hydrogen-bond acceptors (Lipinski definition) is 4. The predicted octanol–water partition coefficient (Wildman–Crippen LogP) is 5.12. The third kappa shape index (κ3) is 4.08. The molecule has 0 saturated heterocycles. The second kappa shape index (κ2) is 8.75. The molecule has 0 spiro atoms. The van der Waals surface area contributed by atoms with Crippen molar-refractivity contribution in [1.82, 2.24) is 14.8 Å². The molecule has 2 amide bonds. The fourth-order valence-electron chi connectivity index (χ4n) is 3.19. The van der Waals surface area contributed by atoms with E-state index in [1.54, 1.807) is 31.3 Å². The fourth-order valence-corrected chi connectivity index (χ4v) is 4.19. The molecular weight excluding hydrogens is 493 g/mol. The molecule has 3 N–H and O–H groups in total. The Bertz CT molecular complexity index is 1160. The molecule has 2 aromatic heterocycles. The van der Waals surface area contributed by atoms with Crippen LogP contribution in [0.2, 0.25) is 10.0 Å². The van der Waals surface area contributed by atoms with Gasteiger partial charge in [0.2, 0.25) is 0 Å². The van der Waals surface area contributed by atoms with E-state index >= 15 is 0 Å². The monoisotopic (exact) mass is 509 g/mol. The molecule has 0 aliphatic carbocycles. The maximum Gasteiger partial charge on any atom is 0.275 e. The first-order valence-electron chi connectivity index (χ1n) is 8.92. The molecule has 0 aliphatic rings. The maximum atomic E-state index is 13.3. The fraction of sp³-hybridized carbons (Fsp3) is 0.200. The lowest BCUT2D eigenvalue weighted by Crippen LogP contribution is -2.22. The van der Waals surface area contributed by atoms with E-state index in [0.29, 0.717) is 32.1 Å². The van der Waals surface area contributed by atoms with Gasteiger partial charge in [-0.2, -0.15) is 5.10 Å². The molecule has 0 fully saturated rings. The van der Waals surface area contributed by atoms with E-state index < -0.39 is 11.8 Å². The van der Waals surface area contributed by atoms with Gasteiger partial charge in [0.05, 0.1) is 26.3 Å². The first-order valence-corrected chi connectivity index (χ1v) is 10.5. The van der Waals surface area contributed by atoms with Gasteiger partial charge in [-0.15, -0.1) is 0 Å². The van der Waals surface area contributed by atoms with Crippen LogP contribution < -0.4 is 11.1 Å². The molecule has 3 rings (SSSR count). The molecule has 3 aromatic rings. The van der Waals surface area contributed by atoms with Gasteiger partial charge < -0.3 is 11.1 Å². The summed E-state index contributed by atoms with van der Waals surface area (Å²) in [6.07, 6.45) is 3.03. The van der Waals surface area contributed by atoms with Gasteiger partial charge in [0.15, 0.2) is 5.82 Å². The highest BCUT2D eigenvalue weighted by atomic mass is 79.9.